The number of aliphatic hydroxyl groups is 1. The van der Waals surface area contributed by atoms with Crippen molar-refractivity contribution in [1.29, 1.82) is 0 Å². The van der Waals surface area contributed by atoms with Crippen LogP contribution >= 0.6 is 31.0 Å². The number of carbonyl (C=O) groups excluding carboxylic acids is 1. The van der Waals surface area contributed by atoms with Crippen LogP contribution in [0.2, 0.25) is 10.0 Å². The Morgan fingerprint density at radius 1 is 0.900 bits per heavy atom. The van der Waals surface area contributed by atoms with Crippen LogP contribution in [-0.4, -0.2) is 39.7 Å². The predicted octanol–water partition coefficient (Wildman–Crippen LogP) is 5.37. The number of phosphoric acid groups is 1. The summed E-state index contributed by atoms with van der Waals surface area (Å²) >= 11 is 11.3. The zero-order chi connectivity index (χ0) is 30.0. The minimum absolute atomic E-state index is 0.261. The first-order valence-electron chi connectivity index (χ1n) is 10.7. The van der Waals surface area contributed by atoms with Gasteiger partial charge in [0.1, 0.15) is 19.3 Å². The zero-order valence-electron chi connectivity index (χ0n) is 19.5. The summed E-state index contributed by atoms with van der Waals surface area (Å²) in [6, 6.07) is 5.27. The number of benzene rings is 2. The summed E-state index contributed by atoms with van der Waals surface area (Å²) in [5.41, 5.74) is -3.48. The Hall–Kier alpha value is -2.52. The van der Waals surface area contributed by atoms with Crippen LogP contribution in [0.15, 0.2) is 47.9 Å². The fraction of sp³-hybridized carbons (Fsp3) is 0.318. The summed E-state index contributed by atoms with van der Waals surface area (Å²) in [7, 11) is -5.33. The van der Waals surface area contributed by atoms with E-state index in [0.717, 1.165) is 24.3 Å². The molecule has 0 saturated carbocycles. The maximum atomic E-state index is 13.5. The first kappa shape index (κ1) is 32.0. The Balaban J connectivity index is 2.02. The highest BCUT2D eigenvalue weighted by molar-refractivity contribution is 7.46. The van der Waals surface area contributed by atoms with Gasteiger partial charge >= 0.3 is 26.1 Å². The normalized spacial score (nSPS) is 17.2. The van der Waals surface area contributed by atoms with Crippen LogP contribution in [0.4, 0.5) is 26.3 Å². The molecule has 0 amide bonds. The largest absolute Gasteiger partial charge is 0.485 e. The van der Waals surface area contributed by atoms with Gasteiger partial charge in [-0.15, -0.1) is 0 Å². The van der Waals surface area contributed by atoms with Crippen molar-refractivity contribution in [2.75, 3.05) is 6.61 Å². The van der Waals surface area contributed by atoms with Crippen molar-refractivity contribution in [2.45, 2.75) is 37.8 Å². The molecule has 0 bridgehead atoms. The molecule has 3 N–H and O–H groups in total. The number of ether oxygens (including phenoxy) is 3. The van der Waals surface area contributed by atoms with Crippen LogP contribution in [0.1, 0.15) is 22.3 Å². The predicted molar refractivity (Wildman–Crippen MR) is 123 cm³/mol. The van der Waals surface area contributed by atoms with Gasteiger partial charge in [-0.3, -0.25) is 4.52 Å². The van der Waals surface area contributed by atoms with Gasteiger partial charge in [-0.1, -0.05) is 35.3 Å². The number of phosphoric ester groups is 1. The fourth-order valence-electron chi connectivity index (χ4n) is 3.52. The van der Waals surface area contributed by atoms with Gasteiger partial charge in [-0.2, -0.15) is 26.3 Å². The quantitative estimate of drug-likeness (QED) is 0.178. The average Bonchev–Trinajstić information content (AvgIpc) is 3.14. The van der Waals surface area contributed by atoms with E-state index in [-0.39, 0.29) is 10.0 Å². The minimum atomic E-state index is -5.33. The van der Waals surface area contributed by atoms with E-state index in [1.807, 2.05) is 0 Å². The Bertz CT molecular complexity index is 1340. The lowest BCUT2D eigenvalue weighted by Gasteiger charge is -2.23. The maximum Gasteiger partial charge on any atom is 0.470 e. The second-order valence-corrected chi connectivity index (χ2v) is 10.1. The summed E-state index contributed by atoms with van der Waals surface area (Å²) in [5, 5.41) is 9.06. The molecule has 2 aromatic rings. The van der Waals surface area contributed by atoms with Crippen molar-refractivity contribution in [3.8, 4) is 0 Å². The molecule has 18 heteroatoms. The van der Waals surface area contributed by atoms with Crippen LogP contribution in [0.25, 0.3) is 0 Å². The van der Waals surface area contributed by atoms with Gasteiger partial charge in [0.25, 0.3) is 0 Å². The average molecular weight is 641 g/mol. The highest BCUT2D eigenvalue weighted by Crippen LogP contribution is 2.42. The van der Waals surface area contributed by atoms with Crippen molar-refractivity contribution in [2.24, 2.45) is 0 Å². The summed E-state index contributed by atoms with van der Waals surface area (Å²) in [6.07, 6.45) is -13.8. The number of alkyl halides is 6. The Kier molecular flexibility index (Phi) is 9.72. The van der Waals surface area contributed by atoms with Crippen molar-refractivity contribution >= 4 is 37.0 Å². The SMILES string of the molecule is O=C1O[C@H]([C@H](CO)OP(=O)(O)O)C(OCc2ccc(Cl)cc2C(F)(F)F)=C1OCc1ccc(Cl)cc1C(F)(F)F. The van der Waals surface area contributed by atoms with Gasteiger partial charge in [0.05, 0.1) is 17.7 Å². The molecular weight excluding hydrogens is 624 g/mol. The second kappa shape index (κ2) is 12.1. The summed E-state index contributed by atoms with van der Waals surface area (Å²) in [6.45, 7) is -3.11. The topological polar surface area (TPSA) is 132 Å². The number of hydrogen-bond donors (Lipinski definition) is 3. The van der Waals surface area contributed by atoms with Gasteiger partial charge in [0, 0.05) is 21.2 Å². The maximum absolute atomic E-state index is 13.5. The summed E-state index contributed by atoms with van der Waals surface area (Å²) in [5.74, 6) is -3.17. The van der Waals surface area contributed by atoms with Crippen LogP contribution in [-0.2, 0) is 53.7 Å². The number of cyclic esters (lactones) is 1. The van der Waals surface area contributed by atoms with Crippen molar-refractivity contribution < 1.29 is 69.3 Å². The molecule has 0 radical (unpaired) electrons. The van der Waals surface area contributed by atoms with E-state index in [9.17, 15) is 40.8 Å². The molecule has 1 aliphatic heterocycles. The van der Waals surface area contributed by atoms with Gasteiger partial charge in [0.2, 0.25) is 5.76 Å². The van der Waals surface area contributed by atoms with Crippen LogP contribution in [0.3, 0.4) is 0 Å². The summed E-state index contributed by atoms with van der Waals surface area (Å²) < 4.78 is 112. The third kappa shape index (κ3) is 8.03. The van der Waals surface area contributed by atoms with E-state index in [0.29, 0.717) is 12.1 Å². The molecule has 0 fully saturated rings. The molecule has 1 aliphatic rings. The first-order valence-corrected chi connectivity index (χ1v) is 13.0. The van der Waals surface area contributed by atoms with E-state index in [4.69, 9.17) is 47.2 Å². The third-order valence-electron chi connectivity index (χ3n) is 5.20. The second-order valence-electron chi connectivity index (χ2n) is 8.01. The lowest BCUT2D eigenvalue weighted by Crippen LogP contribution is -2.34. The standard InChI is InChI=1S/C22H17Cl2F6O9P/c23-12-3-1-10(14(5-12)21(25,26)27)8-36-18-17(16(7-31)39-40(33,34)35)38-20(32)19(18)37-9-11-2-4-13(24)6-15(11)22(28,29)30/h1-6,16-17,31H,7-9H2,(H2,33,34,35)/t16-,17+/m0/s1. The molecule has 1 heterocycles. The van der Waals surface area contributed by atoms with Crippen LogP contribution in [0, 0.1) is 0 Å². The molecule has 2 aromatic carbocycles. The highest BCUT2D eigenvalue weighted by Gasteiger charge is 2.46. The Morgan fingerprint density at radius 2 is 1.38 bits per heavy atom. The molecule has 0 aromatic heterocycles. The number of carbonyl (C=O) groups is 1. The van der Waals surface area contributed by atoms with E-state index in [1.54, 1.807) is 0 Å². The molecule has 220 valence electrons. The van der Waals surface area contributed by atoms with Gasteiger partial charge < -0.3 is 29.1 Å². The Morgan fingerprint density at radius 3 is 1.80 bits per heavy atom. The molecule has 9 nitrogen and oxygen atoms in total. The fourth-order valence-corrected chi connectivity index (χ4v) is 4.39. The number of halogens is 8. The highest BCUT2D eigenvalue weighted by atomic mass is 35.5. The van der Waals surface area contributed by atoms with Crippen molar-refractivity contribution in [3.63, 3.8) is 0 Å². The molecule has 0 unspecified atom stereocenters. The first-order chi connectivity index (χ1) is 18.4. The van der Waals surface area contributed by atoms with E-state index in [2.05, 4.69) is 4.52 Å². The molecule has 0 saturated heterocycles. The van der Waals surface area contributed by atoms with E-state index in [1.165, 1.54) is 0 Å². The Labute approximate surface area is 231 Å². The number of esters is 1. The summed E-state index contributed by atoms with van der Waals surface area (Å²) in [4.78, 5) is 30.8. The number of rotatable bonds is 10. The monoisotopic (exact) mass is 640 g/mol. The van der Waals surface area contributed by atoms with Crippen molar-refractivity contribution in [3.05, 3.63) is 80.2 Å². The number of hydrogen-bond acceptors (Lipinski definition) is 7. The van der Waals surface area contributed by atoms with Gasteiger partial charge in [-0.25, -0.2) is 9.36 Å². The smallest absolute Gasteiger partial charge is 0.470 e. The van der Waals surface area contributed by atoms with Crippen molar-refractivity contribution in [1.82, 2.24) is 0 Å². The van der Waals surface area contributed by atoms with Gasteiger partial charge in [-0.05, 0) is 24.3 Å². The number of aliphatic hydroxyl groups excluding tert-OH is 1. The minimum Gasteiger partial charge on any atom is -0.485 e. The van der Waals surface area contributed by atoms with Gasteiger partial charge in [0.15, 0.2) is 11.9 Å². The van der Waals surface area contributed by atoms with Crippen LogP contribution < -0.4 is 0 Å². The molecular formula is C22H17Cl2F6O9P. The molecule has 0 aliphatic carbocycles. The van der Waals surface area contributed by atoms with Crippen LogP contribution in [0.5, 0.6) is 0 Å². The molecule has 40 heavy (non-hydrogen) atoms. The molecule has 2 atom stereocenters. The molecule has 3 rings (SSSR count). The van der Waals surface area contributed by atoms with E-state index >= 15 is 0 Å². The zero-order valence-corrected chi connectivity index (χ0v) is 21.9. The lowest BCUT2D eigenvalue weighted by atomic mass is 10.1. The third-order valence-corrected chi connectivity index (χ3v) is 6.22. The van der Waals surface area contributed by atoms with E-state index < -0.39 is 91.9 Å². The molecule has 0 spiro atoms. The lowest BCUT2D eigenvalue weighted by molar-refractivity contribution is -0.148.